The van der Waals surface area contributed by atoms with Crippen molar-refractivity contribution < 1.29 is 24.2 Å². The van der Waals surface area contributed by atoms with Crippen molar-refractivity contribution in [2.24, 2.45) is 0 Å². The quantitative estimate of drug-likeness (QED) is 0.770. The Bertz CT molecular complexity index is 599. The molecule has 0 aromatic carbocycles. The number of amides is 2. The Morgan fingerprint density at radius 2 is 1.74 bits per heavy atom. The number of carboxylic acid groups (broad SMARTS) is 1. The molecule has 8 heteroatoms. The van der Waals surface area contributed by atoms with Crippen molar-refractivity contribution in [1.82, 2.24) is 15.1 Å². The smallest absolute Gasteiger partial charge is 0.408 e. The first-order valence-electron chi connectivity index (χ1n) is 9.94. The molecule has 3 saturated heterocycles. The summed E-state index contributed by atoms with van der Waals surface area (Å²) >= 11 is 0. The first kappa shape index (κ1) is 19.9. The maximum atomic E-state index is 13.2. The van der Waals surface area contributed by atoms with E-state index in [0.29, 0.717) is 19.3 Å². The number of nitrogens with zero attached hydrogens (tertiary/aromatic N) is 2. The van der Waals surface area contributed by atoms with Crippen LogP contribution < -0.4 is 5.32 Å². The standard InChI is InChI=1S/C19H31N3O5/c1-19(2,3)27-18(26)20-14-11-13(21-9-4-10-21)6-5-12-7-8-15(17(24)25)22(12)16(14)23/h12-15H,4-11H2,1-3H3,(H,20,26)(H,24,25)/t12-,13+,14-,15-/m0/s1. The topological polar surface area (TPSA) is 99.2 Å². The van der Waals surface area contributed by atoms with Crippen LogP contribution in [0.15, 0.2) is 0 Å². The molecule has 0 bridgehead atoms. The molecule has 3 aliphatic heterocycles. The molecular weight excluding hydrogens is 350 g/mol. The average Bonchev–Trinajstić information content (AvgIpc) is 2.90. The molecule has 3 fully saturated rings. The summed E-state index contributed by atoms with van der Waals surface area (Å²) in [7, 11) is 0. The van der Waals surface area contributed by atoms with Gasteiger partial charge in [-0.3, -0.25) is 4.79 Å². The summed E-state index contributed by atoms with van der Waals surface area (Å²) < 4.78 is 5.33. The number of rotatable bonds is 3. The highest BCUT2D eigenvalue weighted by molar-refractivity contribution is 5.90. The van der Waals surface area contributed by atoms with Crippen LogP contribution in [0.1, 0.15) is 59.3 Å². The van der Waals surface area contributed by atoms with Crippen LogP contribution in [0, 0.1) is 0 Å². The van der Waals surface area contributed by atoms with Crippen molar-refractivity contribution in [1.29, 1.82) is 0 Å². The molecule has 8 nitrogen and oxygen atoms in total. The van der Waals surface area contributed by atoms with Crippen LogP contribution in [0.4, 0.5) is 4.79 Å². The number of hydrogen-bond acceptors (Lipinski definition) is 5. The lowest BCUT2D eigenvalue weighted by atomic mass is 9.92. The monoisotopic (exact) mass is 381 g/mol. The third-order valence-corrected chi connectivity index (χ3v) is 5.78. The summed E-state index contributed by atoms with van der Waals surface area (Å²) in [6, 6.07) is -1.39. The molecule has 0 radical (unpaired) electrons. The molecule has 27 heavy (non-hydrogen) atoms. The van der Waals surface area contributed by atoms with Crippen molar-refractivity contribution in [2.75, 3.05) is 13.1 Å². The summed E-state index contributed by atoms with van der Waals surface area (Å²) in [5.74, 6) is -1.26. The average molecular weight is 381 g/mol. The van der Waals surface area contributed by atoms with Gasteiger partial charge in [-0.05, 0) is 72.4 Å². The second-order valence-corrected chi connectivity index (χ2v) is 8.89. The van der Waals surface area contributed by atoms with Crippen LogP contribution in [0.25, 0.3) is 0 Å². The van der Waals surface area contributed by atoms with E-state index in [1.165, 1.54) is 4.90 Å². The van der Waals surface area contributed by atoms with Gasteiger partial charge < -0.3 is 25.0 Å². The Balaban J connectivity index is 1.79. The highest BCUT2D eigenvalue weighted by Crippen LogP contribution is 2.33. The van der Waals surface area contributed by atoms with E-state index >= 15 is 0 Å². The van der Waals surface area contributed by atoms with Gasteiger partial charge >= 0.3 is 12.1 Å². The van der Waals surface area contributed by atoms with Crippen molar-refractivity contribution in [3.8, 4) is 0 Å². The van der Waals surface area contributed by atoms with Crippen molar-refractivity contribution in [3.05, 3.63) is 0 Å². The van der Waals surface area contributed by atoms with Crippen LogP contribution in [-0.4, -0.2) is 75.7 Å². The third-order valence-electron chi connectivity index (χ3n) is 5.78. The minimum Gasteiger partial charge on any atom is -0.480 e. The molecule has 3 rings (SSSR count). The number of carbonyl (C=O) groups excluding carboxylic acids is 2. The zero-order chi connectivity index (χ0) is 19.8. The van der Waals surface area contributed by atoms with E-state index in [4.69, 9.17) is 4.74 Å². The van der Waals surface area contributed by atoms with E-state index in [1.54, 1.807) is 20.8 Å². The van der Waals surface area contributed by atoms with Gasteiger partial charge in [0.2, 0.25) is 5.91 Å². The summed E-state index contributed by atoms with van der Waals surface area (Å²) in [5, 5.41) is 12.3. The van der Waals surface area contributed by atoms with E-state index in [1.807, 2.05) is 0 Å². The number of alkyl carbamates (subject to hydrolysis) is 1. The van der Waals surface area contributed by atoms with Gasteiger partial charge in [-0.2, -0.15) is 0 Å². The van der Waals surface area contributed by atoms with E-state index < -0.39 is 29.7 Å². The lowest BCUT2D eigenvalue weighted by molar-refractivity contribution is -0.151. The first-order chi connectivity index (χ1) is 12.7. The fourth-order valence-corrected chi connectivity index (χ4v) is 4.41. The van der Waals surface area contributed by atoms with E-state index in [-0.39, 0.29) is 18.0 Å². The highest BCUT2D eigenvalue weighted by atomic mass is 16.6. The number of ether oxygens (including phenoxy) is 1. The zero-order valence-corrected chi connectivity index (χ0v) is 16.4. The molecule has 3 heterocycles. The van der Waals surface area contributed by atoms with E-state index in [0.717, 1.165) is 32.4 Å². The molecule has 0 aliphatic carbocycles. The van der Waals surface area contributed by atoms with Crippen LogP contribution in [0.2, 0.25) is 0 Å². The van der Waals surface area contributed by atoms with Gasteiger partial charge in [0.05, 0.1) is 0 Å². The second kappa shape index (κ2) is 7.66. The maximum absolute atomic E-state index is 13.2. The summed E-state index contributed by atoms with van der Waals surface area (Å²) in [5.41, 5.74) is -0.661. The van der Waals surface area contributed by atoms with Gasteiger partial charge in [-0.25, -0.2) is 9.59 Å². The number of carbonyl (C=O) groups is 3. The first-order valence-corrected chi connectivity index (χ1v) is 9.94. The number of likely N-dealkylation sites (tertiary alicyclic amines) is 1. The van der Waals surface area contributed by atoms with Crippen molar-refractivity contribution >= 4 is 18.0 Å². The fraction of sp³-hybridized carbons (Fsp3) is 0.842. The van der Waals surface area contributed by atoms with E-state index in [2.05, 4.69) is 10.2 Å². The normalized spacial score (nSPS) is 32.1. The molecule has 0 aromatic heterocycles. The Labute approximate surface area is 160 Å². The molecule has 3 aliphatic rings. The predicted octanol–water partition coefficient (Wildman–Crippen LogP) is 1.58. The van der Waals surface area contributed by atoms with Gasteiger partial charge in [0.25, 0.3) is 0 Å². The number of fused-ring (bicyclic) bond motifs is 1. The van der Waals surface area contributed by atoms with Gasteiger partial charge in [-0.1, -0.05) is 0 Å². The summed E-state index contributed by atoms with van der Waals surface area (Å²) in [6.07, 6.45) is 3.92. The largest absolute Gasteiger partial charge is 0.480 e. The maximum Gasteiger partial charge on any atom is 0.408 e. The van der Waals surface area contributed by atoms with Crippen molar-refractivity contribution in [2.45, 2.75) is 89.1 Å². The molecule has 2 N–H and O–H groups in total. The zero-order valence-electron chi connectivity index (χ0n) is 16.4. The molecule has 0 unspecified atom stereocenters. The molecule has 4 atom stereocenters. The third kappa shape index (κ3) is 4.54. The number of hydrogen-bond donors (Lipinski definition) is 2. The van der Waals surface area contributed by atoms with Gasteiger partial charge in [0, 0.05) is 12.1 Å². The second-order valence-electron chi connectivity index (χ2n) is 8.89. The number of carboxylic acids is 1. The van der Waals surface area contributed by atoms with Gasteiger partial charge in [0.1, 0.15) is 17.7 Å². The lowest BCUT2D eigenvalue weighted by Crippen LogP contribution is -2.59. The van der Waals surface area contributed by atoms with Crippen LogP contribution >= 0.6 is 0 Å². The minimum atomic E-state index is -0.971. The Morgan fingerprint density at radius 3 is 2.30 bits per heavy atom. The minimum absolute atomic E-state index is 0.0642. The van der Waals surface area contributed by atoms with Crippen LogP contribution in [0.3, 0.4) is 0 Å². The Kier molecular flexibility index (Phi) is 5.65. The lowest BCUT2D eigenvalue weighted by Gasteiger charge is -2.43. The SMILES string of the molecule is CC(C)(C)OC(=O)N[C@H]1C[C@H](N2CCC2)CC[C@H]2CC[C@@H](C(=O)O)N2C1=O. The molecule has 152 valence electrons. The van der Waals surface area contributed by atoms with Gasteiger partial charge in [0.15, 0.2) is 0 Å². The Hall–Kier alpha value is -1.83. The van der Waals surface area contributed by atoms with Crippen molar-refractivity contribution in [3.63, 3.8) is 0 Å². The summed E-state index contributed by atoms with van der Waals surface area (Å²) in [6.45, 7) is 7.35. The number of aliphatic carboxylic acids is 1. The predicted molar refractivity (Wildman–Crippen MR) is 98.3 cm³/mol. The molecule has 0 aromatic rings. The molecule has 0 saturated carbocycles. The van der Waals surface area contributed by atoms with E-state index in [9.17, 15) is 19.5 Å². The highest BCUT2D eigenvalue weighted by Gasteiger charge is 2.46. The van der Waals surface area contributed by atoms with Crippen LogP contribution in [0.5, 0.6) is 0 Å². The number of nitrogens with one attached hydrogen (secondary N) is 1. The molecule has 2 amide bonds. The summed E-state index contributed by atoms with van der Waals surface area (Å²) in [4.78, 5) is 41.0. The molecular formula is C19H31N3O5. The van der Waals surface area contributed by atoms with Gasteiger partial charge in [-0.15, -0.1) is 0 Å². The Morgan fingerprint density at radius 1 is 1.11 bits per heavy atom. The fourth-order valence-electron chi connectivity index (χ4n) is 4.41. The van der Waals surface area contributed by atoms with Crippen LogP contribution in [-0.2, 0) is 14.3 Å². The molecule has 0 spiro atoms.